The van der Waals surface area contributed by atoms with Crippen LogP contribution in [0, 0.1) is 0 Å². The Bertz CT molecular complexity index is 500. The monoisotopic (exact) mass is 197 g/mol. The second-order valence-corrected chi connectivity index (χ2v) is 2.99. The molecule has 13 heavy (non-hydrogen) atoms. The largest absolute Gasteiger partial charge is 0.345 e. The Labute approximate surface area is 79.5 Å². The number of pyridine rings is 1. The van der Waals surface area contributed by atoms with Crippen LogP contribution >= 0.6 is 11.8 Å². The lowest BCUT2D eigenvalue weighted by Crippen LogP contribution is -2.18. The molecule has 0 unspecified atom stereocenters. The van der Waals surface area contributed by atoms with Crippen LogP contribution in [-0.4, -0.2) is 13.6 Å². The van der Waals surface area contributed by atoms with Crippen molar-refractivity contribution >= 4 is 22.9 Å². The number of hydrogen-bond acceptors (Lipinski definition) is 2. The standard InChI is InChI=1S/C8H8ClN3O/c1-2-11-6-4-3-5-10-7(6)12(9)8(11)13/h3-5H,2H2,1H3. The predicted molar refractivity (Wildman–Crippen MR) is 50.9 cm³/mol. The van der Waals surface area contributed by atoms with Crippen LogP contribution in [0.1, 0.15) is 6.92 Å². The molecule has 0 amide bonds. The molecule has 0 saturated heterocycles. The molecule has 4 nitrogen and oxygen atoms in total. The van der Waals surface area contributed by atoms with Gasteiger partial charge < -0.3 is 0 Å². The number of nitrogens with zero attached hydrogens (tertiary/aromatic N) is 3. The number of aromatic nitrogens is 3. The van der Waals surface area contributed by atoms with Gasteiger partial charge in [0, 0.05) is 24.5 Å². The van der Waals surface area contributed by atoms with E-state index in [-0.39, 0.29) is 5.69 Å². The Balaban J connectivity index is 2.98. The molecule has 2 heterocycles. The molecule has 5 heteroatoms. The lowest BCUT2D eigenvalue weighted by molar-refractivity contribution is 0.746. The van der Waals surface area contributed by atoms with E-state index >= 15 is 0 Å². The molecule has 2 rings (SSSR count). The zero-order valence-corrected chi connectivity index (χ0v) is 7.82. The molecule has 0 radical (unpaired) electrons. The van der Waals surface area contributed by atoms with E-state index in [4.69, 9.17) is 11.8 Å². The Morgan fingerprint density at radius 3 is 3.08 bits per heavy atom. The number of rotatable bonds is 1. The first-order valence-corrected chi connectivity index (χ1v) is 4.32. The van der Waals surface area contributed by atoms with Gasteiger partial charge in [0.25, 0.3) is 0 Å². The molecule has 0 atom stereocenters. The maximum atomic E-state index is 11.5. The van der Waals surface area contributed by atoms with Crippen LogP contribution in [0.2, 0.25) is 0 Å². The quantitative estimate of drug-likeness (QED) is 0.690. The maximum Gasteiger partial charge on any atom is 0.345 e. The topological polar surface area (TPSA) is 39.8 Å². The minimum Gasteiger partial charge on any atom is -0.289 e. The van der Waals surface area contributed by atoms with Crippen LogP contribution < -0.4 is 5.69 Å². The Kier molecular flexibility index (Phi) is 1.84. The molecule has 0 aliphatic rings. The molecule has 0 fully saturated rings. The van der Waals surface area contributed by atoms with E-state index in [1.54, 1.807) is 16.8 Å². The number of hydrogen-bond donors (Lipinski definition) is 0. The minimum atomic E-state index is -0.238. The van der Waals surface area contributed by atoms with Crippen molar-refractivity contribution in [3.05, 3.63) is 28.8 Å². The van der Waals surface area contributed by atoms with E-state index in [2.05, 4.69) is 4.98 Å². The van der Waals surface area contributed by atoms with E-state index in [0.29, 0.717) is 12.2 Å². The summed E-state index contributed by atoms with van der Waals surface area (Å²) in [6.45, 7) is 2.49. The van der Waals surface area contributed by atoms with Crippen molar-refractivity contribution in [2.45, 2.75) is 13.5 Å². The SMILES string of the molecule is CCn1c(=O)n(Cl)c2ncccc21. The summed E-state index contributed by atoms with van der Waals surface area (Å²) < 4.78 is 2.62. The van der Waals surface area contributed by atoms with E-state index in [0.717, 1.165) is 9.60 Å². The van der Waals surface area contributed by atoms with Crippen molar-refractivity contribution in [3.63, 3.8) is 0 Å². The third-order valence-electron chi connectivity index (χ3n) is 1.96. The predicted octanol–water partition coefficient (Wildman–Crippen LogP) is 1.22. The molecule has 0 spiro atoms. The van der Waals surface area contributed by atoms with Gasteiger partial charge in [0.1, 0.15) is 0 Å². The van der Waals surface area contributed by atoms with Crippen molar-refractivity contribution in [2.24, 2.45) is 0 Å². The number of halogens is 1. The molecule has 0 aliphatic carbocycles. The summed E-state index contributed by atoms with van der Waals surface area (Å²) >= 11 is 5.75. The maximum absolute atomic E-state index is 11.5. The van der Waals surface area contributed by atoms with Gasteiger partial charge in [0.2, 0.25) is 0 Å². The van der Waals surface area contributed by atoms with Gasteiger partial charge in [0.05, 0.1) is 5.52 Å². The number of aryl methyl sites for hydroxylation is 1. The van der Waals surface area contributed by atoms with E-state index in [1.165, 1.54) is 0 Å². The first kappa shape index (κ1) is 8.31. The molecule has 0 N–H and O–H groups in total. The number of fused-ring (bicyclic) bond motifs is 1. The van der Waals surface area contributed by atoms with Gasteiger partial charge in [-0.3, -0.25) is 4.57 Å². The normalized spacial score (nSPS) is 10.9. The van der Waals surface area contributed by atoms with Crippen LogP contribution in [0.5, 0.6) is 0 Å². The lowest BCUT2D eigenvalue weighted by Gasteiger charge is -1.94. The van der Waals surface area contributed by atoms with E-state index < -0.39 is 0 Å². The molecular formula is C8H8ClN3O. The van der Waals surface area contributed by atoms with Gasteiger partial charge in [-0.05, 0) is 19.1 Å². The highest BCUT2D eigenvalue weighted by Gasteiger charge is 2.09. The van der Waals surface area contributed by atoms with Gasteiger partial charge in [-0.1, -0.05) is 0 Å². The van der Waals surface area contributed by atoms with Gasteiger partial charge in [-0.15, -0.1) is 0 Å². The number of imidazole rings is 1. The van der Waals surface area contributed by atoms with Crippen molar-refractivity contribution in [3.8, 4) is 0 Å². The fourth-order valence-corrected chi connectivity index (χ4v) is 1.58. The zero-order chi connectivity index (χ0) is 9.42. The Morgan fingerprint density at radius 2 is 2.38 bits per heavy atom. The van der Waals surface area contributed by atoms with Crippen LogP contribution in [0.15, 0.2) is 23.1 Å². The van der Waals surface area contributed by atoms with Crippen molar-refractivity contribution in [1.29, 1.82) is 0 Å². The molecule has 0 bridgehead atoms. The fraction of sp³-hybridized carbons (Fsp3) is 0.250. The summed E-state index contributed by atoms with van der Waals surface area (Å²) in [5, 5.41) is 0. The zero-order valence-electron chi connectivity index (χ0n) is 7.07. The van der Waals surface area contributed by atoms with E-state index in [9.17, 15) is 4.79 Å². The molecule has 68 valence electrons. The van der Waals surface area contributed by atoms with Gasteiger partial charge in [-0.2, -0.15) is 4.09 Å². The summed E-state index contributed by atoms with van der Waals surface area (Å²) in [6.07, 6.45) is 1.61. The highest BCUT2D eigenvalue weighted by molar-refractivity contribution is 6.18. The Hall–Kier alpha value is -1.29. The second kappa shape index (κ2) is 2.88. The average Bonchev–Trinajstić information content (AvgIpc) is 2.41. The van der Waals surface area contributed by atoms with Gasteiger partial charge in [0.15, 0.2) is 5.65 Å². The fourth-order valence-electron chi connectivity index (χ4n) is 1.36. The Morgan fingerprint density at radius 1 is 1.62 bits per heavy atom. The third-order valence-corrected chi connectivity index (χ3v) is 2.26. The molecule has 0 aliphatic heterocycles. The smallest absolute Gasteiger partial charge is 0.289 e. The van der Waals surface area contributed by atoms with Crippen molar-refractivity contribution in [1.82, 2.24) is 13.6 Å². The van der Waals surface area contributed by atoms with Crippen LogP contribution in [-0.2, 0) is 6.54 Å². The summed E-state index contributed by atoms with van der Waals surface area (Å²) in [5.41, 5.74) is 1.04. The van der Waals surface area contributed by atoms with Crippen LogP contribution in [0.4, 0.5) is 0 Å². The van der Waals surface area contributed by atoms with Gasteiger partial charge in [-0.25, -0.2) is 9.78 Å². The van der Waals surface area contributed by atoms with Crippen molar-refractivity contribution in [2.75, 3.05) is 0 Å². The summed E-state index contributed by atoms with van der Waals surface area (Å²) in [4.78, 5) is 15.5. The molecule has 0 saturated carbocycles. The van der Waals surface area contributed by atoms with Gasteiger partial charge >= 0.3 is 5.69 Å². The van der Waals surface area contributed by atoms with E-state index in [1.807, 2.05) is 13.0 Å². The minimum absolute atomic E-state index is 0.238. The first-order valence-electron chi connectivity index (χ1n) is 3.98. The second-order valence-electron chi connectivity index (χ2n) is 2.65. The molecule has 2 aromatic heterocycles. The molecular weight excluding hydrogens is 190 g/mol. The van der Waals surface area contributed by atoms with Crippen LogP contribution in [0.3, 0.4) is 0 Å². The third kappa shape index (κ3) is 1.06. The summed E-state index contributed by atoms with van der Waals surface area (Å²) in [5.74, 6) is 0. The molecule has 0 aromatic carbocycles. The first-order chi connectivity index (χ1) is 6.25. The van der Waals surface area contributed by atoms with Crippen molar-refractivity contribution < 1.29 is 0 Å². The summed E-state index contributed by atoms with van der Waals surface area (Å²) in [7, 11) is 0. The molecule has 2 aromatic rings. The van der Waals surface area contributed by atoms with Crippen LogP contribution in [0.25, 0.3) is 11.2 Å². The highest BCUT2D eigenvalue weighted by atomic mass is 35.5. The summed E-state index contributed by atoms with van der Waals surface area (Å²) in [6, 6.07) is 3.61. The lowest BCUT2D eigenvalue weighted by atomic mass is 10.4. The average molecular weight is 198 g/mol. The highest BCUT2D eigenvalue weighted by Crippen LogP contribution is 2.09.